The Labute approximate surface area is 124 Å². The fourth-order valence-corrected chi connectivity index (χ4v) is 4.58. The standard InChI is InChI=1S/C14H18N4O2S/c1-9-14(10(2)17-16-9)21(19,20)18-7-6-11-4-3-5-13(15)12(11)8-18/h3-5H,6-8,15H2,1-2H3,(H,16,17). The fourth-order valence-electron chi connectivity index (χ4n) is 2.84. The Morgan fingerprint density at radius 1 is 1.33 bits per heavy atom. The molecule has 0 unspecified atom stereocenters. The number of nitrogens with two attached hydrogens (primary N) is 1. The van der Waals surface area contributed by atoms with Crippen molar-refractivity contribution in [2.75, 3.05) is 12.3 Å². The van der Waals surface area contributed by atoms with Gasteiger partial charge in [0.25, 0.3) is 0 Å². The first-order valence-electron chi connectivity index (χ1n) is 6.79. The molecule has 0 bridgehead atoms. The number of anilines is 1. The quantitative estimate of drug-likeness (QED) is 0.819. The van der Waals surface area contributed by atoms with Gasteiger partial charge in [0.05, 0.1) is 11.4 Å². The van der Waals surface area contributed by atoms with Gasteiger partial charge in [-0.25, -0.2) is 8.42 Å². The number of rotatable bonds is 2. The smallest absolute Gasteiger partial charge is 0.247 e. The maximum absolute atomic E-state index is 12.8. The number of hydrogen-bond acceptors (Lipinski definition) is 4. The summed E-state index contributed by atoms with van der Waals surface area (Å²) in [6, 6.07) is 5.72. The van der Waals surface area contributed by atoms with Gasteiger partial charge < -0.3 is 5.73 Å². The molecule has 21 heavy (non-hydrogen) atoms. The van der Waals surface area contributed by atoms with Gasteiger partial charge in [-0.15, -0.1) is 0 Å². The summed E-state index contributed by atoms with van der Waals surface area (Å²) in [5.41, 5.74) is 9.74. The number of sulfonamides is 1. The second kappa shape index (κ2) is 4.85. The fraction of sp³-hybridized carbons (Fsp3) is 0.357. The van der Waals surface area contributed by atoms with Crippen molar-refractivity contribution in [1.82, 2.24) is 14.5 Å². The summed E-state index contributed by atoms with van der Waals surface area (Å²) in [4.78, 5) is 0.278. The van der Waals surface area contributed by atoms with E-state index in [-0.39, 0.29) is 4.90 Å². The molecule has 1 aliphatic heterocycles. The molecule has 0 spiro atoms. The van der Waals surface area contributed by atoms with Crippen molar-refractivity contribution >= 4 is 15.7 Å². The monoisotopic (exact) mass is 306 g/mol. The number of nitrogens with zero attached hydrogens (tertiary/aromatic N) is 2. The van der Waals surface area contributed by atoms with Crippen LogP contribution in [0.5, 0.6) is 0 Å². The number of nitrogen functional groups attached to an aromatic ring is 1. The molecule has 2 aromatic rings. The van der Waals surface area contributed by atoms with Gasteiger partial charge in [-0.2, -0.15) is 9.40 Å². The molecule has 0 fully saturated rings. The van der Waals surface area contributed by atoms with Crippen LogP contribution in [-0.4, -0.2) is 29.5 Å². The maximum Gasteiger partial charge on any atom is 0.247 e. The normalized spacial score (nSPS) is 15.9. The highest BCUT2D eigenvalue weighted by molar-refractivity contribution is 7.89. The van der Waals surface area contributed by atoms with E-state index in [1.165, 1.54) is 4.31 Å². The predicted molar refractivity (Wildman–Crippen MR) is 80.2 cm³/mol. The van der Waals surface area contributed by atoms with Crippen LogP contribution in [-0.2, 0) is 23.0 Å². The van der Waals surface area contributed by atoms with Crippen molar-refractivity contribution in [3.05, 3.63) is 40.7 Å². The van der Waals surface area contributed by atoms with Crippen LogP contribution in [0.4, 0.5) is 5.69 Å². The van der Waals surface area contributed by atoms with Crippen molar-refractivity contribution in [2.24, 2.45) is 0 Å². The Hall–Kier alpha value is -1.86. The second-order valence-electron chi connectivity index (χ2n) is 5.34. The lowest BCUT2D eigenvalue weighted by molar-refractivity contribution is 0.391. The molecule has 6 nitrogen and oxygen atoms in total. The minimum Gasteiger partial charge on any atom is -0.398 e. The zero-order valence-electron chi connectivity index (χ0n) is 12.0. The molecule has 1 aromatic heterocycles. The molecule has 0 aliphatic carbocycles. The second-order valence-corrected chi connectivity index (χ2v) is 7.21. The lowest BCUT2D eigenvalue weighted by Gasteiger charge is -2.29. The third kappa shape index (κ3) is 2.22. The SMILES string of the molecule is Cc1n[nH]c(C)c1S(=O)(=O)N1CCc2cccc(N)c2C1. The number of fused-ring (bicyclic) bond motifs is 1. The van der Waals surface area contributed by atoms with Crippen LogP contribution in [0.15, 0.2) is 23.1 Å². The largest absolute Gasteiger partial charge is 0.398 e. The summed E-state index contributed by atoms with van der Waals surface area (Å²) in [5, 5.41) is 6.72. The molecule has 2 heterocycles. The summed E-state index contributed by atoms with van der Waals surface area (Å²) in [6.07, 6.45) is 0.676. The van der Waals surface area contributed by atoms with Crippen molar-refractivity contribution in [2.45, 2.75) is 31.7 Å². The van der Waals surface area contributed by atoms with E-state index in [9.17, 15) is 8.42 Å². The molecule has 3 rings (SSSR count). The van der Waals surface area contributed by atoms with Crippen LogP contribution in [0, 0.1) is 13.8 Å². The molecule has 0 amide bonds. The van der Waals surface area contributed by atoms with Crippen molar-refractivity contribution in [3.63, 3.8) is 0 Å². The Morgan fingerprint density at radius 2 is 2.10 bits per heavy atom. The van der Waals surface area contributed by atoms with Gasteiger partial charge in [0.2, 0.25) is 10.0 Å². The van der Waals surface area contributed by atoms with Gasteiger partial charge in [0.15, 0.2) is 0 Å². The topological polar surface area (TPSA) is 92.1 Å². The first-order chi connectivity index (χ1) is 9.91. The van der Waals surface area contributed by atoms with Crippen LogP contribution in [0.1, 0.15) is 22.5 Å². The van der Waals surface area contributed by atoms with E-state index < -0.39 is 10.0 Å². The van der Waals surface area contributed by atoms with E-state index in [1.807, 2.05) is 18.2 Å². The van der Waals surface area contributed by atoms with Gasteiger partial charge >= 0.3 is 0 Å². The van der Waals surface area contributed by atoms with Crippen LogP contribution < -0.4 is 5.73 Å². The maximum atomic E-state index is 12.8. The van der Waals surface area contributed by atoms with Crippen molar-refractivity contribution < 1.29 is 8.42 Å². The highest BCUT2D eigenvalue weighted by Crippen LogP contribution is 2.29. The molecular formula is C14H18N4O2S. The predicted octanol–water partition coefficient (Wildman–Crippen LogP) is 1.36. The van der Waals surface area contributed by atoms with Crippen LogP contribution >= 0.6 is 0 Å². The lowest BCUT2D eigenvalue weighted by atomic mass is 10.00. The van der Waals surface area contributed by atoms with Gasteiger partial charge in [-0.05, 0) is 37.5 Å². The number of H-pyrrole nitrogens is 1. The summed E-state index contributed by atoms with van der Waals surface area (Å²) in [7, 11) is -3.56. The third-order valence-corrected chi connectivity index (χ3v) is 6.04. The molecule has 7 heteroatoms. The average Bonchev–Trinajstić information content (AvgIpc) is 2.79. The Balaban J connectivity index is 2.01. The van der Waals surface area contributed by atoms with Gasteiger partial charge in [-0.3, -0.25) is 5.10 Å². The zero-order chi connectivity index (χ0) is 15.2. The summed E-state index contributed by atoms with van der Waals surface area (Å²) in [6.45, 7) is 4.19. The Morgan fingerprint density at radius 3 is 2.76 bits per heavy atom. The summed E-state index contributed by atoms with van der Waals surface area (Å²) >= 11 is 0. The van der Waals surface area contributed by atoms with Crippen LogP contribution in [0.3, 0.4) is 0 Å². The number of nitrogens with one attached hydrogen (secondary N) is 1. The average molecular weight is 306 g/mol. The van der Waals surface area contributed by atoms with Gasteiger partial charge in [0, 0.05) is 18.8 Å². The number of hydrogen-bond donors (Lipinski definition) is 2. The van der Waals surface area contributed by atoms with E-state index in [2.05, 4.69) is 10.2 Å². The van der Waals surface area contributed by atoms with Crippen molar-refractivity contribution in [1.29, 1.82) is 0 Å². The zero-order valence-corrected chi connectivity index (χ0v) is 12.9. The molecule has 0 atom stereocenters. The van der Waals surface area contributed by atoms with E-state index >= 15 is 0 Å². The van der Waals surface area contributed by atoms with Crippen LogP contribution in [0.25, 0.3) is 0 Å². The summed E-state index contributed by atoms with van der Waals surface area (Å²) < 4.78 is 27.2. The van der Waals surface area contributed by atoms with Gasteiger partial charge in [-0.1, -0.05) is 12.1 Å². The highest BCUT2D eigenvalue weighted by atomic mass is 32.2. The molecular weight excluding hydrogens is 288 g/mol. The van der Waals surface area contributed by atoms with E-state index in [0.29, 0.717) is 36.6 Å². The number of aromatic amines is 1. The van der Waals surface area contributed by atoms with E-state index in [1.54, 1.807) is 13.8 Å². The van der Waals surface area contributed by atoms with Gasteiger partial charge in [0.1, 0.15) is 4.90 Å². The summed E-state index contributed by atoms with van der Waals surface area (Å²) in [5.74, 6) is 0. The molecule has 0 saturated carbocycles. The third-order valence-electron chi connectivity index (χ3n) is 3.93. The van der Waals surface area contributed by atoms with Crippen LogP contribution in [0.2, 0.25) is 0 Å². The minimum absolute atomic E-state index is 0.278. The Kier molecular flexibility index (Phi) is 3.26. The molecule has 0 saturated heterocycles. The molecule has 1 aliphatic rings. The Bertz CT molecular complexity index is 776. The van der Waals surface area contributed by atoms with E-state index in [0.717, 1.165) is 11.1 Å². The number of benzene rings is 1. The number of aryl methyl sites for hydroxylation is 2. The number of aromatic nitrogens is 2. The van der Waals surface area contributed by atoms with Crippen molar-refractivity contribution in [3.8, 4) is 0 Å². The first-order valence-corrected chi connectivity index (χ1v) is 8.23. The molecule has 3 N–H and O–H groups in total. The lowest BCUT2D eigenvalue weighted by Crippen LogP contribution is -2.36. The minimum atomic E-state index is -3.56. The highest BCUT2D eigenvalue weighted by Gasteiger charge is 2.32. The first kappa shape index (κ1) is 14.1. The molecule has 112 valence electrons. The molecule has 1 aromatic carbocycles. The van der Waals surface area contributed by atoms with E-state index in [4.69, 9.17) is 5.73 Å². The molecule has 0 radical (unpaired) electrons.